The fourth-order valence-corrected chi connectivity index (χ4v) is 3.38. The van der Waals surface area contributed by atoms with Crippen LogP contribution in [0, 0.1) is 0 Å². The summed E-state index contributed by atoms with van der Waals surface area (Å²) in [6.07, 6.45) is 1.63. The number of rotatable bonds is 7. The maximum absolute atomic E-state index is 12.5. The number of carbonyl (C=O) groups excluding carboxylic acids is 2. The molecule has 0 saturated carbocycles. The lowest BCUT2D eigenvalue weighted by molar-refractivity contribution is -0.133. The molecule has 0 fully saturated rings. The fraction of sp³-hybridized carbons (Fsp3) is 0.136. The minimum absolute atomic E-state index is 0.265. The van der Waals surface area contributed by atoms with Crippen molar-refractivity contribution in [2.75, 3.05) is 13.7 Å². The summed E-state index contributed by atoms with van der Waals surface area (Å²) in [5.41, 5.74) is 1.35. The van der Waals surface area contributed by atoms with Gasteiger partial charge in [-0.3, -0.25) is 4.79 Å². The molecule has 0 N–H and O–H groups in total. The molecule has 28 heavy (non-hydrogen) atoms. The Balaban J connectivity index is 1.59. The van der Waals surface area contributed by atoms with Gasteiger partial charge in [0.25, 0.3) is 5.91 Å². The molecule has 2 aromatic carbocycles. The maximum atomic E-state index is 12.5. The van der Waals surface area contributed by atoms with Crippen molar-refractivity contribution in [3.63, 3.8) is 0 Å². The largest absolute Gasteiger partial charge is 0.452 e. The van der Waals surface area contributed by atoms with Crippen molar-refractivity contribution in [2.45, 2.75) is 16.5 Å². The fourth-order valence-electron chi connectivity index (χ4n) is 2.49. The molecule has 0 aliphatic rings. The summed E-state index contributed by atoms with van der Waals surface area (Å²) >= 11 is 1.38. The second-order valence-corrected chi connectivity index (χ2v) is 7.14. The monoisotopic (exact) mass is 392 g/mol. The van der Waals surface area contributed by atoms with E-state index in [4.69, 9.17) is 4.74 Å². The molecule has 3 rings (SSSR count). The van der Waals surface area contributed by atoms with Gasteiger partial charge in [-0.1, -0.05) is 60.3 Å². The molecule has 1 heterocycles. The molecule has 0 saturated heterocycles. The zero-order valence-electron chi connectivity index (χ0n) is 15.4. The number of hydrogen-bond acceptors (Lipinski definition) is 5. The van der Waals surface area contributed by atoms with E-state index in [9.17, 15) is 9.59 Å². The zero-order valence-corrected chi connectivity index (χ0v) is 16.3. The highest BCUT2D eigenvalue weighted by Gasteiger charge is 2.17. The Morgan fingerprint density at radius 3 is 2.36 bits per heavy atom. The minimum Gasteiger partial charge on any atom is -0.452 e. The summed E-state index contributed by atoms with van der Waals surface area (Å²) < 4.78 is 5.24. The van der Waals surface area contributed by atoms with Gasteiger partial charge in [0, 0.05) is 24.7 Å². The Labute approximate surface area is 168 Å². The van der Waals surface area contributed by atoms with Crippen LogP contribution in [0.15, 0.2) is 88.9 Å². The van der Waals surface area contributed by atoms with Gasteiger partial charge in [-0.2, -0.15) is 0 Å². The number of benzene rings is 2. The molecule has 0 radical (unpaired) electrons. The van der Waals surface area contributed by atoms with Crippen LogP contribution in [0.1, 0.15) is 15.9 Å². The van der Waals surface area contributed by atoms with E-state index in [1.54, 1.807) is 25.4 Å². The molecule has 6 heteroatoms. The summed E-state index contributed by atoms with van der Waals surface area (Å²) in [6, 6.07) is 22.6. The molecule has 0 spiro atoms. The van der Waals surface area contributed by atoms with Gasteiger partial charge in [0.2, 0.25) is 0 Å². The normalized spacial score (nSPS) is 10.3. The highest BCUT2D eigenvalue weighted by Crippen LogP contribution is 2.28. The van der Waals surface area contributed by atoms with Gasteiger partial charge in [0.05, 0.1) is 5.56 Å². The van der Waals surface area contributed by atoms with Gasteiger partial charge in [-0.25, -0.2) is 9.78 Å². The Hall–Kier alpha value is -3.12. The number of ether oxygens (including phenoxy) is 1. The van der Waals surface area contributed by atoms with E-state index in [1.807, 2.05) is 60.7 Å². The first-order chi connectivity index (χ1) is 13.6. The molecule has 0 atom stereocenters. The smallest absolute Gasteiger partial charge is 0.341 e. The van der Waals surface area contributed by atoms with E-state index in [0.717, 1.165) is 10.5 Å². The van der Waals surface area contributed by atoms with Crippen LogP contribution >= 0.6 is 11.8 Å². The minimum atomic E-state index is -0.562. The second kappa shape index (κ2) is 9.71. The first-order valence-electron chi connectivity index (χ1n) is 8.76. The van der Waals surface area contributed by atoms with Crippen LogP contribution < -0.4 is 0 Å². The molecule has 3 aromatic rings. The highest BCUT2D eigenvalue weighted by molar-refractivity contribution is 7.99. The van der Waals surface area contributed by atoms with Gasteiger partial charge < -0.3 is 9.64 Å². The molecule has 1 amide bonds. The van der Waals surface area contributed by atoms with Crippen molar-refractivity contribution in [1.82, 2.24) is 9.88 Å². The van der Waals surface area contributed by atoms with Gasteiger partial charge in [0.1, 0.15) is 5.03 Å². The highest BCUT2D eigenvalue weighted by atomic mass is 32.2. The number of amides is 1. The molecule has 0 bridgehead atoms. The average Bonchev–Trinajstić information content (AvgIpc) is 2.73. The Morgan fingerprint density at radius 2 is 1.64 bits per heavy atom. The van der Waals surface area contributed by atoms with Crippen molar-refractivity contribution in [1.29, 1.82) is 0 Å². The van der Waals surface area contributed by atoms with E-state index in [0.29, 0.717) is 17.1 Å². The van der Waals surface area contributed by atoms with E-state index >= 15 is 0 Å². The van der Waals surface area contributed by atoms with Gasteiger partial charge in [0.15, 0.2) is 6.61 Å². The van der Waals surface area contributed by atoms with E-state index in [2.05, 4.69) is 4.98 Å². The van der Waals surface area contributed by atoms with Crippen LogP contribution in [0.5, 0.6) is 0 Å². The number of likely N-dealkylation sites (N-methyl/N-ethyl adjacent to an activating group) is 1. The van der Waals surface area contributed by atoms with E-state index in [1.165, 1.54) is 16.7 Å². The summed E-state index contributed by atoms with van der Waals surface area (Å²) in [5.74, 6) is -0.827. The third-order valence-electron chi connectivity index (χ3n) is 3.96. The molecule has 0 aliphatic carbocycles. The Bertz CT molecular complexity index is 933. The first kappa shape index (κ1) is 19.6. The van der Waals surface area contributed by atoms with Crippen molar-refractivity contribution < 1.29 is 14.3 Å². The van der Waals surface area contributed by atoms with E-state index in [-0.39, 0.29) is 12.5 Å². The predicted molar refractivity (Wildman–Crippen MR) is 108 cm³/mol. The molecule has 142 valence electrons. The van der Waals surface area contributed by atoms with Crippen LogP contribution in [-0.2, 0) is 16.1 Å². The third-order valence-corrected chi connectivity index (χ3v) is 4.99. The van der Waals surface area contributed by atoms with Crippen LogP contribution in [0.3, 0.4) is 0 Å². The topological polar surface area (TPSA) is 59.5 Å². The summed E-state index contributed by atoms with van der Waals surface area (Å²) in [5, 5.41) is 0.545. The lowest BCUT2D eigenvalue weighted by Crippen LogP contribution is -2.30. The summed E-state index contributed by atoms with van der Waals surface area (Å²) in [6.45, 7) is 0.145. The molecule has 0 aliphatic heterocycles. The molecule has 5 nitrogen and oxygen atoms in total. The van der Waals surface area contributed by atoms with Crippen LogP contribution in [0.2, 0.25) is 0 Å². The van der Waals surface area contributed by atoms with Crippen molar-refractivity contribution in [3.8, 4) is 0 Å². The predicted octanol–water partition coefficient (Wildman–Crippen LogP) is 4.05. The number of carbonyl (C=O) groups is 2. The number of pyridine rings is 1. The second-order valence-electron chi connectivity index (χ2n) is 6.08. The zero-order chi connectivity index (χ0) is 19.8. The van der Waals surface area contributed by atoms with Crippen LogP contribution in [0.25, 0.3) is 0 Å². The van der Waals surface area contributed by atoms with Gasteiger partial charge in [-0.05, 0) is 29.8 Å². The SMILES string of the molecule is CN(Cc1ccccc1)C(=O)COC(=O)c1cccnc1Sc1ccccc1. The van der Waals surface area contributed by atoms with Crippen molar-refractivity contribution >= 4 is 23.6 Å². The number of hydrogen-bond donors (Lipinski definition) is 0. The number of aromatic nitrogens is 1. The molecule has 0 unspecified atom stereocenters. The quantitative estimate of drug-likeness (QED) is 0.568. The van der Waals surface area contributed by atoms with Crippen molar-refractivity contribution in [3.05, 3.63) is 90.1 Å². The standard InChI is InChI=1S/C22H20N2O3S/c1-24(15-17-9-4-2-5-10-17)20(25)16-27-22(26)19-13-8-14-23-21(19)28-18-11-6-3-7-12-18/h2-14H,15-16H2,1H3. The van der Waals surface area contributed by atoms with Crippen LogP contribution in [-0.4, -0.2) is 35.4 Å². The van der Waals surface area contributed by atoms with Crippen LogP contribution in [0.4, 0.5) is 0 Å². The molecular formula is C22H20N2O3S. The summed E-state index contributed by atoms with van der Waals surface area (Å²) in [7, 11) is 1.68. The molecule has 1 aromatic heterocycles. The van der Waals surface area contributed by atoms with E-state index < -0.39 is 5.97 Å². The lowest BCUT2D eigenvalue weighted by atomic mass is 10.2. The maximum Gasteiger partial charge on any atom is 0.341 e. The Morgan fingerprint density at radius 1 is 0.964 bits per heavy atom. The molecular weight excluding hydrogens is 372 g/mol. The average molecular weight is 392 g/mol. The lowest BCUT2D eigenvalue weighted by Gasteiger charge is -2.17. The van der Waals surface area contributed by atoms with Crippen molar-refractivity contribution in [2.24, 2.45) is 0 Å². The van der Waals surface area contributed by atoms with Gasteiger partial charge in [-0.15, -0.1) is 0 Å². The summed E-state index contributed by atoms with van der Waals surface area (Å²) in [4.78, 5) is 31.6. The van der Waals surface area contributed by atoms with Gasteiger partial charge >= 0.3 is 5.97 Å². The first-order valence-corrected chi connectivity index (χ1v) is 9.58. The number of nitrogens with zero attached hydrogens (tertiary/aromatic N) is 2. The Kier molecular flexibility index (Phi) is 6.81. The third kappa shape index (κ3) is 5.44. The number of esters is 1.